The number of esters is 1. The van der Waals surface area contributed by atoms with Crippen LogP contribution in [0.3, 0.4) is 0 Å². The molecule has 0 saturated heterocycles. The summed E-state index contributed by atoms with van der Waals surface area (Å²) in [5.74, 6) is -0.639. The Kier molecular flexibility index (Phi) is 3.72. The van der Waals surface area contributed by atoms with Crippen LogP contribution in [0.25, 0.3) is 0 Å². The highest BCUT2D eigenvalue weighted by Crippen LogP contribution is 2.14. The van der Waals surface area contributed by atoms with Crippen LogP contribution in [-0.4, -0.2) is 36.6 Å². The van der Waals surface area contributed by atoms with E-state index < -0.39 is 12.1 Å². The summed E-state index contributed by atoms with van der Waals surface area (Å²) < 4.78 is 5.14. The number of nitrogens with zero attached hydrogens (tertiary/aromatic N) is 1. The number of aliphatic imine (C=N–C) groups is 1. The van der Waals surface area contributed by atoms with Crippen molar-refractivity contribution < 1.29 is 14.6 Å². The molecule has 1 aliphatic heterocycles. The molecule has 1 aliphatic rings. The summed E-state index contributed by atoms with van der Waals surface area (Å²) in [6.07, 6.45) is 0.0331. The molecule has 0 radical (unpaired) electrons. The first-order valence-electron chi connectivity index (χ1n) is 5.42. The predicted octanol–water partition coefficient (Wildman–Crippen LogP) is 0.263. The highest BCUT2D eigenvalue weighted by atomic mass is 16.6. The van der Waals surface area contributed by atoms with Gasteiger partial charge in [0.25, 0.3) is 0 Å². The Morgan fingerprint density at radius 3 is 2.88 bits per heavy atom. The molecule has 0 bridgehead atoms. The number of benzene rings is 1. The predicted molar refractivity (Wildman–Crippen MR) is 62.6 cm³/mol. The first-order valence-corrected chi connectivity index (χ1v) is 5.42. The first-order chi connectivity index (χ1) is 8.27. The van der Waals surface area contributed by atoms with Crippen LogP contribution in [0.5, 0.6) is 0 Å². The standard InChI is InChI=1S/C12H14N2O3/c15-11(9-4-2-1-3-5-9)12(16)17-10-6-13-8-14-7-10/h1-5,8,10-11,15H,6-7H2,(H,13,14). The first kappa shape index (κ1) is 11.6. The van der Waals surface area contributed by atoms with Gasteiger partial charge in [0.2, 0.25) is 0 Å². The third-order valence-electron chi connectivity index (χ3n) is 2.46. The summed E-state index contributed by atoms with van der Waals surface area (Å²) in [6.45, 7) is 0.955. The van der Waals surface area contributed by atoms with E-state index in [-0.39, 0.29) is 6.10 Å². The van der Waals surface area contributed by atoms with Crippen molar-refractivity contribution in [2.45, 2.75) is 12.2 Å². The van der Waals surface area contributed by atoms with Gasteiger partial charge in [-0.1, -0.05) is 30.3 Å². The summed E-state index contributed by atoms with van der Waals surface area (Å²) >= 11 is 0. The number of nitrogens with one attached hydrogen (secondary N) is 1. The van der Waals surface area contributed by atoms with Crippen molar-refractivity contribution in [2.24, 2.45) is 4.99 Å². The summed E-state index contributed by atoms with van der Waals surface area (Å²) in [5, 5.41) is 12.7. The van der Waals surface area contributed by atoms with Crippen LogP contribution in [0.15, 0.2) is 35.3 Å². The Morgan fingerprint density at radius 1 is 1.47 bits per heavy atom. The topological polar surface area (TPSA) is 70.9 Å². The number of ether oxygens (including phenoxy) is 1. The Morgan fingerprint density at radius 2 is 2.24 bits per heavy atom. The number of carbonyl (C=O) groups is 1. The molecule has 2 rings (SSSR count). The van der Waals surface area contributed by atoms with Gasteiger partial charge in [0.15, 0.2) is 6.10 Å². The fraction of sp³-hybridized carbons (Fsp3) is 0.333. The van der Waals surface area contributed by atoms with Crippen LogP contribution >= 0.6 is 0 Å². The van der Waals surface area contributed by atoms with Gasteiger partial charge < -0.3 is 15.2 Å². The largest absolute Gasteiger partial charge is 0.456 e. The normalized spacial score (nSPS) is 20.4. The monoisotopic (exact) mass is 234 g/mol. The highest BCUT2D eigenvalue weighted by molar-refractivity contribution is 5.76. The van der Waals surface area contributed by atoms with Gasteiger partial charge in [0.1, 0.15) is 6.10 Å². The smallest absolute Gasteiger partial charge is 0.340 e. The molecule has 2 atom stereocenters. The van der Waals surface area contributed by atoms with Crippen LogP contribution in [0.4, 0.5) is 0 Å². The quantitative estimate of drug-likeness (QED) is 0.736. The molecule has 1 aromatic rings. The van der Waals surface area contributed by atoms with E-state index in [4.69, 9.17) is 4.74 Å². The zero-order valence-corrected chi connectivity index (χ0v) is 9.24. The molecule has 0 aliphatic carbocycles. The summed E-state index contributed by atoms with van der Waals surface area (Å²) in [5.41, 5.74) is 0.532. The average Bonchev–Trinajstić information content (AvgIpc) is 2.40. The summed E-state index contributed by atoms with van der Waals surface area (Å²) in [4.78, 5) is 15.6. The fourth-order valence-corrected chi connectivity index (χ4v) is 1.56. The second-order valence-corrected chi connectivity index (χ2v) is 3.77. The molecular formula is C12H14N2O3. The molecule has 90 valence electrons. The number of aliphatic hydroxyl groups is 1. The third kappa shape index (κ3) is 3.04. The number of rotatable bonds is 3. The maximum Gasteiger partial charge on any atom is 0.340 e. The van der Waals surface area contributed by atoms with E-state index in [1.54, 1.807) is 30.6 Å². The van der Waals surface area contributed by atoms with Crippen molar-refractivity contribution in [3.05, 3.63) is 35.9 Å². The van der Waals surface area contributed by atoms with Gasteiger partial charge in [0.05, 0.1) is 19.4 Å². The van der Waals surface area contributed by atoms with Gasteiger partial charge in [-0.3, -0.25) is 4.99 Å². The van der Waals surface area contributed by atoms with Crippen LogP contribution < -0.4 is 5.32 Å². The van der Waals surface area contributed by atoms with Gasteiger partial charge in [-0.15, -0.1) is 0 Å². The average molecular weight is 234 g/mol. The van der Waals surface area contributed by atoms with E-state index in [0.29, 0.717) is 18.7 Å². The van der Waals surface area contributed by atoms with E-state index in [1.807, 2.05) is 6.07 Å². The highest BCUT2D eigenvalue weighted by Gasteiger charge is 2.23. The van der Waals surface area contributed by atoms with Crippen molar-refractivity contribution in [1.29, 1.82) is 0 Å². The van der Waals surface area contributed by atoms with E-state index in [1.165, 1.54) is 0 Å². The lowest BCUT2D eigenvalue weighted by atomic mass is 10.1. The SMILES string of the molecule is O=C(OC1CN=CNC1)C(O)c1ccccc1. The van der Waals surface area contributed by atoms with Crippen molar-refractivity contribution in [1.82, 2.24) is 5.32 Å². The Labute approximate surface area is 99.1 Å². The van der Waals surface area contributed by atoms with E-state index in [2.05, 4.69) is 10.3 Å². The lowest BCUT2D eigenvalue weighted by molar-refractivity contribution is -0.158. The van der Waals surface area contributed by atoms with E-state index >= 15 is 0 Å². The number of carbonyl (C=O) groups excluding carboxylic acids is 1. The van der Waals surface area contributed by atoms with Gasteiger partial charge >= 0.3 is 5.97 Å². The molecule has 0 saturated carbocycles. The second kappa shape index (κ2) is 5.45. The molecule has 0 fully saturated rings. The molecule has 2 N–H and O–H groups in total. The molecular weight excluding hydrogens is 220 g/mol. The summed E-state index contributed by atoms with van der Waals surface area (Å²) in [6, 6.07) is 8.71. The minimum atomic E-state index is -1.23. The molecule has 17 heavy (non-hydrogen) atoms. The van der Waals surface area contributed by atoms with Gasteiger partial charge in [-0.25, -0.2) is 4.79 Å². The van der Waals surface area contributed by atoms with E-state index in [9.17, 15) is 9.90 Å². The van der Waals surface area contributed by atoms with Crippen molar-refractivity contribution in [3.8, 4) is 0 Å². The van der Waals surface area contributed by atoms with Crippen molar-refractivity contribution in [2.75, 3.05) is 13.1 Å². The Hall–Kier alpha value is -1.88. The van der Waals surface area contributed by atoms with Crippen LogP contribution in [0, 0.1) is 0 Å². The fourth-order valence-electron chi connectivity index (χ4n) is 1.56. The van der Waals surface area contributed by atoms with Crippen LogP contribution in [-0.2, 0) is 9.53 Å². The molecule has 1 aromatic carbocycles. The lowest BCUT2D eigenvalue weighted by Gasteiger charge is -2.20. The minimum Gasteiger partial charge on any atom is -0.456 e. The second-order valence-electron chi connectivity index (χ2n) is 3.77. The molecule has 5 heteroatoms. The van der Waals surface area contributed by atoms with Gasteiger partial charge in [-0.05, 0) is 5.56 Å². The third-order valence-corrected chi connectivity index (χ3v) is 2.46. The number of hydrogen-bond acceptors (Lipinski definition) is 5. The molecule has 0 spiro atoms. The van der Waals surface area contributed by atoms with Gasteiger partial charge in [0, 0.05) is 0 Å². The van der Waals surface area contributed by atoms with Crippen molar-refractivity contribution >= 4 is 12.3 Å². The van der Waals surface area contributed by atoms with Crippen molar-refractivity contribution in [3.63, 3.8) is 0 Å². The summed E-state index contributed by atoms with van der Waals surface area (Å²) in [7, 11) is 0. The maximum absolute atomic E-state index is 11.7. The maximum atomic E-state index is 11.7. The van der Waals surface area contributed by atoms with Gasteiger partial charge in [-0.2, -0.15) is 0 Å². The van der Waals surface area contributed by atoms with Crippen LogP contribution in [0.2, 0.25) is 0 Å². The molecule has 5 nitrogen and oxygen atoms in total. The minimum absolute atomic E-state index is 0.314. The molecule has 0 amide bonds. The zero-order valence-electron chi connectivity index (χ0n) is 9.24. The molecule has 0 aromatic heterocycles. The zero-order chi connectivity index (χ0) is 12.1. The number of hydrogen-bond donors (Lipinski definition) is 2. The Balaban J connectivity index is 1.93. The number of aliphatic hydroxyl groups excluding tert-OH is 1. The molecule has 1 heterocycles. The Bertz CT molecular complexity index is 405. The molecule has 2 unspecified atom stereocenters. The lowest BCUT2D eigenvalue weighted by Crippen LogP contribution is -2.37. The van der Waals surface area contributed by atoms with E-state index in [0.717, 1.165) is 0 Å². The van der Waals surface area contributed by atoms with Crippen LogP contribution in [0.1, 0.15) is 11.7 Å².